The van der Waals surface area contributed by atoms with Gasteiger partial charge in [0.15, 0.2) is 0 Å². The molecule has 0 heterocycles. The third-order valence-electron chi connectivity index (χ3n) is 4.73. The number of rotatable bonds is 7. The second kappa shape index (κ2) is 10.8. The normalized spacial score (nSPS) is 12.0. The van der Waals surface area contributed by atoms with Crippen molar-refractivity contribution in [2.24, 2.45) is 5.92 Å². The highest BCUT2D eigenvalue weighted by atomic mass is 16.6. The van der Waals surface area contributed by atoms with Gasteiger partial charge in [0.05, 0.1) is 12.8 Å². The summed E-state index contributed by atoms with van der Waals surface area (Å²) in [6.45, 7) is 10.8. The summed E-state index contributed by atoms with van der Waals surface area (Å²) in [5.74, 6) is -0.438. The van der Waals surface area contributed by atoms with E-state index in [2.05, 4.69) is 16.0 Å². The Labute approximate surface area is 195 Å². The lowest BCUT2D eigenvalue weighted by Crippen LogP contribution is -2.47. The molecule has 1 unspecified atom stereocenters. The number of anilines is 2. The van der Waals surface area contributed by atoms with Crippen molar-refractivity contribution in [3.63, 3.8) is 0 Å². The molecule has 1 atom stereocenters. The molecular formula is C25H33N3O5. The minimum absolute atomic E-state index is 0.157. The maximum atomic E-state index is 13.0. The van der Waals surface area contributed by atoms with Gasteiger partial charge in [-0.2, -0.15) is 0 Å². The summed E-state index contributed by atoms with van der Waals surface area (Å²) in [5, 5.41) is 8.27. The quantitative estimate of drug-likeness (QED) is 0.559. The van der Waals surface area contributed by atoms with Gasteiger partial charge in [0.25, 0.3) is 5.91 Å². The highest BCUT2D eigenvalue weighted by molar-refractivity contribution is 6.02. The third-order valence-corrected chi connectivity index (χ3v) is 4.73. The van der Waals surface area contributed by atoms with Crippen LogP contribution in [0.5, 0.6) is 5.75 Å². The molecular weight excluding hydrogens is 422 g/mol. The molecule has 0 saturated heterocycles. The average molecular weight is 456 g/mol. The molecule has 8 heteroatoms. The van der Waals surface area contributed by atoms with Crippen LogP contribution in [0.15, 0.2) is 42.5 Å². The number of nitrogens with one attached hydrogen (secondary N) is 3. The van der Waals surface area contributed by atoms with Crippen LogP contribution in [0.2, 0.25) is 0 Å². The van der Waals surface area contributed by atoms with Crippen LogP contribution in [0, 0.1) is 12.8 Å². The van der Waals surface area contributed by atoms with Crippen LogP contribution in [0.25, 0.3) is 0 Å². The van der Waals surface area contributed by atoms with Crippen LogP contribution < -0.4 is 20.7 Å². The third kappa shape index (κ3) is 7.52. The van der Waals surface area contributed by atoms with Gasteiger partial charge in [-0.25, -0.2) is 4.79 Å². The molecule has 0 fully saturated rings. The smallest absolute Gasteiger partial charge is 0.412 e. The molecule has 0 aliphatic carbocycles. The predicted molar refractivity (Wildman–Crippen MR) is 129 cm³/mol. The fourth-order valence-electron chi connectivity index (χ4n) is 3.10. The molecule has 0 aromatic heterocycles. The number of hydrogen-bond acceptors (Lipinski definition) is 5. The summed E-state index contributed by atoms with van der Waals surface area (Å²) in [7, 11) is 1.48. The summed E-state index contributed by atoms with van der Waals surface area (Å²) in [6.07, 6.45) is -0.644. The summed E-state index contributed by atoms with van der Waals surface area (Å²) >= 11 is 0. The highest BCUT2D eigenvalue weighted by Gasteiger charge is 2.26. The Kier molecular flexibility index (Phi) is 8.45. The van der Waals surface area contributed by atoms with Crippen molar-refractivity contribution in [3.05, 3.63) is 53.6 Å². The molecule has 2 aromatic carbocycles. The first kappa shape index (κ1) is 25.7. The maximum absolute atomic E-state index is 13.0. The van der Waals surface area contributed by atoms with E-state index >= 15 is 0 Å². The van der Waals surface area contributed by atoms with E-state index < -0.39 is 17.7 Å². The molecule has 3 amide bonds. The SMILES string of the molecule is COc1ccc(NC(=O)C(NC(=O)c2ccccc2C)C(C)C)cc1NC(=O)OC(C)(C)C. The summed E-state index contributed by atoms with van der Waals surface area (Å²) in [4.78, 5) is 37.9. The summed E-state index contributed by atoms with van der Waals surface area (Å²) in [6, 6.07) is 11.3. The lowest BCUT2D eigenvalue weighted by molar-refractivity contribution is -0.118. The van der Waals surface area contributed by atoms with Crippen molar-refractivity contribution in [3.8, 4) is 5.75 Å². The zero-order valence-corrected chi connectivity index (χ0v) is 20.2. The summed E-state index contributed by atoms with van der Waals surface area (Å²) in [5.41, 5.74) is 1.45. The highest BCUT2D eigenvalue weighted by Crippen LogP contribution is 2.28. The largest absolute Gasteiger partial charge is 0.495 e. The first-order chi connectivity index (χ1) is 15.4. The van der Waals surface area contributed by atoms with E-state index in [4.69, 9.17) is 9.47 Å². The molecule has 0 bridgehead atoms. The first-order valence-electron chi connectivity index (χ1n) is 10.8. The number of amides is 3. The van der Waals surface area contributed by atoms with Gasteiger partial charge in [0.2, 0.25) is 5.91 Å². The van der Waals surface area contributed by atoms with Crippen molar-refractivity contribution >= 4 is 29.3 Å². The van der Waals surface area contributed by atoms with E-state index in [-0.39, 0.29) is 17.7 Å². The first-order valence-corrected chi connectivity index (χ1v) is 10.8. The molecule has 0 saturated carbocycles. The fraction of sp³-hybridized carbons (Fsp3) is 0.400. The van der Waals surface area contributed by atoms with E-state index in [1.54, 1.807) is 51.1 Å². The molecule has 2 aromatic rings. The Balaban J connectivity index is 2.18. The molecule has 3 N–H and O–H groups in total. The molecule has 0 aliphatic heterocycles. The van der Waals surface area contributed by atoms with Gasteiger partial charge in [-0.15, -0.1) is 0 Å². The van der Waals surface area contributed by atoms with Crippen LogP contribution in [-0.4, -0.2) is 36.7 Å². The van der Waals surface area contributed by atoms with Gasteiger partial charge in [-0.3, -0.25) is 14.9 Å². The topological polar surface area (TPSA) is 106 Å². The number of carbonyl (C=O) groups is 3. The van der Waals surface area contributed by atoms with Gasteiger partial charge >= 0.3 is 6.09 Å². The number of ether oxygens (including phenoxy) is 2. The van der Waals surface area contributed by atoms with Crippen molar-refractivity contribution in [1.82, 2.24) is 5.32 Å². The lowest BCUT2D eigenvalue weighted by Gasteiger charge is -2.23. The summed E-state index contributed by atoms with van der Waals surface area (Å²) < 4.78 is 10.6. The van der Waals surface area contributed by atoms with Crippen LogP contribution in [0.4, 0.5) is 16.2 Å². The minimum atomic E-state index is -0.763. The van der Waals surface area contributed by atoms with Crippen molar-refractivity contribution in [2.45, 2.75) is 53.2 Å². The van der Waals surface area contributed by atoms with Gasteiger partial charge < -0.3 is 20.1 Å². The van der Waals surface area contributed by atoms with Crippen LogP contribution >= 0.6 is 0 Å². The Morgan fingerprint density at radius 2 is 1.64 bits per heavy atom. The van der Waals surface area contributed by atoms with E-state index in [1.807, 2.05) is 32.9 Å². The average Bonchev–Trinajstić information content (AvgIpc) is 2.70. The number of benzene rings is 2. The number of aryl methyl sites for hydroxylation is 1. The molecule has 2 rings (SSSR count). The van der Waals surface area contributed by atoms with E-state index in [0.717, 1.165) is 5.56 Å². The maximum Gasteiger partial charge on any atom is 0.412 e. The molecule has 33 heavy (non-hydrogen) atoms. The fourth-order valence-corrected chi connectivity index (χ4v) is 3.10. The molecule has 8 nitrogen and oxygen atoms in total. The van der Waals surface area contributed by atoms with Crippen LogP contribution in [0.3, 0.4) is 0 Å². The minimum Gasteiger partial charge on any atom is -0.495 e. The Morgan fingerprint density at radius 1 is 0.970 bits per heavy atom. The Morgan fingerprint density at radius 3 is 2.21 bits per heavy atom. The van der Waals surface area contributed by atoms with Crippen molar-refractivity contribution < 1.29 is 23.9 Å². The zero-order chi connectivity index (χ0) is 24.8. The second-order valence-corrected chi connectivity index (χ2v) is 9.04. The zero-order valence-electron chi connectivity index (χ0n) is 20.2. The molecule has 0 radical (unpaired) electrons. The molecule has 178 valence electrons. The predicted octanol–water partition coefficient (Wildman–Crippen LogP) is 4.74. The van der Waals surface area contributed by atoms with E-state index in [0.29, 0.717) is 22.7 Å². The van der Waals surface area contributed by atoms with Crippen molar-refractivity contribution in [2.75, 3.05) is 17.7 Å². The lowest BCUT2D eigenvalue weighted by atomic mass is 10.0. The number of methoxy groups -OCH3 is 1. The van der Waals surface area contributed by atoms with Crippen LogP contribution in [0.1, 0.15) is 50.5 Å². The monoisotopic (exact) mass is 455 g/mol. The van der Waals surface area contributed by atoms with Gasteiger partial charge in [0, 0.05) is 11.3 Å². The van der Waals surface area contributed by atoms with E-state index in [1.165, 1.54) is 7.11 Å². The molecule has 0 spiro atoms. The Hall–Kier alpha value is -3.55. The second-order valence-electron chi connectivity index (χ2n) is 9.04. The van der Waals surface area contributed by atoms with Crippen LogP contribution in [-0.2, 0) is 9.53 Å². The van der Waals surface area contributed by atoms with Crippen molar-refractivity contribution in [1.29, 1.82) is 0 Å². The van der Waals surface area contributed by atoms with Gasteiger partial charge in [-0.05, 0) is 63.4 Å². The Bertz CT molecular complexity index is 1010. The number of carbonyl (C=O) groups excluding carboxylic acids is 3. The standard InChI is InChI=1S/C25H33N3O5/c1-15(2)21(28-22(29)18-11-9-8-10-16(18)3)23(30)26-17-12-13-20(32-7)19(14-17)27-24(31)33-25(4,5)6/h8-15,21H,1-7H3,(H,26,30)(H,27,31)(H,28,29). The number of hydrogen-bond donors (Lipinski definition) is 3. The van der Waals surface area contributed by atoms with E-state index in [9.17, 15) is 14.4 Å². The van der Waals surface area contributed by atoms with Gasteiger partial charge in [-0.1, -0.05) is 32.0 Å². The molecule has 0 aliphatic rings. The van der Waals surface area contributed by atoms with Gasteiger partial charge in [0.1, 0.15) is 17.4 Å².